The number of fused-ring (bicyclic) bond motifs is 1. The van der Waals surface area contributed by atoms with Crippen LogP contribution >= 0.6 is 0 Å². The van der Waals surface area contributed by atoms with E-state index in [4.69, 9.17) is 5.11 Å². The molecule has 0 amide bonds. The molecule has 2 rings (SSSR count). The van der Waals surface area contributed by atoms with Crippen LogP contribution in [0.2, 0.25) is 0 Å². The topological polar surface area (TPSA) is 109 Å². The molecule has 7 heteroatoms. The Labute approximate surface area is 94.5 Å². The first kappa shape index (κ1) is 10.8. The summed E-state index contributed by atoms with van der Waals surface area (Å²) in [5.74, 6) is -1.10. The molecular weight excluding hydrogens is 226 g/mol. The molecule has 0 aliphatic heterocycles. The monoisotopic (exact) mass is 233 g/mol. The molecule has 0 saturated carbocycles. The molecule has 1 aromatic heterocycles. The van der Waals surface area contributed by atoms with Crippen LogP contribution in [0.5, 0.6) is 0 Å². The lowest BCUT2D eigenvalue weighted by atomic mass is 10.2. The van der Waals surface area contributed by atoms with Gasteiger partial charge in [0, 0.05) is 23.6 Å². The van der Waals surface area contributed by atoms with E-state index < -0.39 is 10.9 Å². The number of nitro benzene ring substituents is 1. The van der Waals surface area contributed by atoms with E-state index in [-0.39, 0.29) is 5.69 Å². The molecule has 0 saturated heterocycles. The van der Waals surface area contributed by atoms with Crippen LogP contribution in [0, 0.1) is 10.1 Å². The number of carboxylic acid groups (broad SMARTS) is 1. The molecule has 0 atom stereocenters. The van der Waals surface area contributed by atoms with Crippen LogP contribution < -0.4 is 0 Å². The molecule has 2 aromatic rings. The summed E-state index contributed by atoms with van der Waals surface area (Å²) in [6.45, 7) is 0. The molecule has 0 radical (unpaired) electrons. The Bertz CT molecular complexity index is 630. The standard InChI is InChI=1S/C10H7N3O4/c14-10(15)4-3-9-7-5-6(13(16)17)1-2-8(7)11-12-9/h1-5H,(H,11,12)(H,14,15). The molecule has 0 spiro atoms. The number of non-ortho nitro benzene ring substituents is 1. The second-order valence-electron chi connectivity index (χ2n) is 3.27. The molecule has 86 valence electrons. The highest BCUT2D eigenvalue weighted by Gasteiger charge is 2.10. The van der Waals surface area contributed by atoms with E-state index in [1.54, 1.807) is 0 Å². The SMILES string of the molecule is O=C(O)C=Cc1[nH]nc2ccc([N+](=O)[O-])cc12. The highest BCUT2D eigenvalue weighted by atomic mass is 16.6. The number of carbonyl (C=O) groups is 1. The van der Waals surface area contributed by atoms with Gasteiger partial charge in [-0.3, -0.25) is 15.2 Å². The van der Waals surface area contributed by atoms with E-state index in [0.29, 0.717) is 16.6 Å². The third-order valence-electron chi connectivity index (χ3n) is 2.17. The lowest BCUT2D eigenvalue weighted by Crippen LogP contribution is -1.87. The first-order valence-electron chi connectivity index (χ1n) is 4.61. The summed E-state index contributed by atoms with van der Waals surface area (Å²) < 4.78 is 0. The zero-order valence-electron chi connectivity index (χ0n) is 8.45. The Morgan fingerprint density at radius 1 is 1.53 bits per heavy atom. The summed E-state index contributed by atoms with van der Waals surface area (Å²) in [4.78, 5) is 20.5. The Kier molecular flexibility index (Phi) is 2.57. The van der Waals surface area contributed by atoms with Crippen LogP contribution in [-0.2, 0) is 4.79 Å². The molecule has 0 aliphatic rings. The maximum absolute atomic E-state index is 10.6. The molecule has 2 N–H and O–H groups in total. The average molecular weight is 233 g/mol. The van der Waals surface area contributed by atoms with Crippen LogP contribution in [0.15, 0.2) is 24.3 Å². The number of nitrogens with zero attached hydrogens (tertiary/aromatic N) is 2. The highest BCUT2D eigenvalue weighted by Crippen LogP contribution is 2.22. The zero-order valence-corrected chi connectivity index (χ0v) is 8.45. The van der Waals surface area contributed by atoms with Gasteiger partial charge in [0.2, 0.25) is 0 Å². The van der Waals surface area contributed by atoms with Gasteiger partial charge in [-0.05, 0) is 12.1 Å². The van der Waals surface area contributed by atoms with E-state index in [9.17, 15) is 14.9 Å². The van der Waals surface area contributed by atoms with Gasteiger partial charge >= 0.3 is 5.97 Å². The number of rotatable bonds is 3. The predicted molar refractivity (Wildman–Crippen MR) is 59.4 cm³/mol. The quantitative estimate of drug-likeness (QED) is 0.475. The van der Waals surface area contributed by atoms with E-state index in [0.717, 1.165) is 6.08 Å². The summed E-state index contributed by atoms with van der Waals surface area (Å²) in [5, 5.41) is 26.1. The minimum absolute atomic E-state index is 0.0659. The number of benzene rings is 1. The second kappa shape index (κ2) is 4.05. The second-order valence-corrected chi connectivity index (χ2v) is 3.27. The number of carboxylic acids is 1. The summed E-state index contributed by atoms with van der Waals surface area (Å²) in [5.41, 5.74) is 0.899. The zero-order chi connectivity index (χ0) is 12.4. The molecule has 1 heterocycles. The van der Waals surface area contributed by atoms with Crippen LogP contribution in [0.3, 0.4) is 0 Å². The Balaban J connectivity index is 2.54. The molecule has 0 unspecified atom stereocenters. The van der Waals surface area contributed by atoms with Gasteiger partial charge in [0.05, 0.1) is 16.1 Å². The molecule has 1 aromatic carbocycles. The third kappa shape index (κ3) is 2.12. The number of hydrogen-bond acceptors (Lipinski definition) is 4. The summed E-state index contributed by atoms with van der Waals surface area (Å²) in [6, 6.07) is 4.19. The highest BCUT2D eigenvalue weighted by molar-refractivity contribution is 5.92. The minimum atomic E-state index is -1.10. The van der Waals surface area contributed by atoms with Crippen molar-refractivity contribution in [2.24, 2.45) is 0 Å². The van der Waals surface area contributed by atoms with Gasteiger partial charge in [-0.2, -0.15) is 5.10 Å². The smallest absolute Gasteiger partial charge is 0.328 e. The number of aromatic nitrogens is 2. The van der Waals surface area contributed by atoms with Crippen molar-refractivity contribution < 1.29 is 14.8 Å². The maximum atomic E-state index is 10.6. The van der Waals surface area contributed by atoms with Crippen molar-refractivity contribution in [2.75, 3.05) is 0 Å². The first-order chi connectivity index (χ1) is 8.08. The van der Waals surface area contributed by atoms with Gasteiger partial charge in [-0.15, -0.1) is 0 Å². The number of aromatic amines is 1. The lowest BCUT2D eigenvalue weighted by Gasteiger charge is -1.92. The fraction of sp³-hybridized carbons (Fsp3) is 0. The van der Waals surface area contributed by atoms with Gasteiger partial charge in [0.1, 0.15) is 0 Å². The molecule has 0 bridgehead atoms. The van der Waals surface area contributed by atoms with Crippen molar-refractivity contribution >= 4 is 28.6 Å². The summed E-state index contributed by atoms with van der Waals surface area (Å²) in [7, 11) is 0. The first-order valence-corrected chi connectivity index (χ1v) is 4.61. The third-order valence-corrected chi connectivity index (χ3v) is 2.17. The van der Waals surface area contributed by atoms with Crippen molar-refractivity contribution in [2.45, 2.75) is 0 Å². The molecule has 17 heavy (non-hydrogen) atoms. The van der Waals surface area contributed by atoms with Crippen molar-refractivity contribution in [3.05, 3.63) is 40.1 Å². The van der Waals surface area contributed by atoms with Crippen LogP contribution in [0.4, 0.5) is 5.69 Å². The molecule has 7 nitrogen and oxygen atoms in total. The normalized spacial score (nSPS) is 11.1. The Hall–Kier alpha value is -2.70. The van der Waals surface area contributed by atoms with E-state index in [2.05, 4.69) is 10.2 Å². The Morgan fingerprint density at radius 2 is 2.29 bits per heavy atom. The van der Waals surface area contributed by atoms with Crippen molar-refractivity contribution in [3.8, 4) is 0 Å². The van der Waals surface area contributed by atoms with Gasteiger partial charge in [0.15, 0.2) is 0 Å². The predicted octanol–water partition coefficient (Wildman–Crippen LogP) is 1.57. The largest absolute Gasteiger partial charge is 0.478 e. The molecule has 0 fully saturated rings. The van der Waals surface area contributed by atoms with Crippen LogP contribution in [-0.4, -0.2) is 26.2 Å². The summed E-state index contributed by atoms with van der Waals surface area (Å²) in [6.07, 6.45) is 2.24. The van der Waals surface area contributed by atoms with E-state index >= 15 is 0 Å². The van der Waals surface area contributed by atoms with E-state index in [1.165, 1.54) is 24.3 Å². The number of aliphatic carboxylic acids is 1. The number of H-pyrrole nitrogens is 1. The molecule has 0 aliphatic carbocycles. The number of hydrogen-bond donors (Lipinski definition) is 2. The van der Waals surface area contributed by atoms with Gasteiger partial charge in [-0.25, -0.2) is 4.79 Å². The van der Waals surface area contributed by atoms with Gasteiger partial charge in [-0.1, -0.05) is 0 Å². The van der Waals surface area contributed by atoms with E-state index in [1.807, 2.05) is 0 Å². The lowest BCUT2D eigenvalue weighted by molar-refractivity contribution is -0.384. The fourth-order valence-electron chi connectivity index (χ4n) is 1.41. The number of nitro groups is 1. The maximum Gasteiger partial charge on any atom is 0.328 e. The number of nitrogens with one attached hydrogen (secondary N) is 1. The fourth-order valence-corrected chi connectivity index (χ4v) is 1.41. The minimum Gasteiger partial charge on any atom is -0.478 e. The van der Waals surface area contributed by atoms with Crippen molar-refractivity contribution in [1.29, 1.82) is 0 Å². The van der Waals surface area contributed by atoms with Gasteiger partial charge in [0.25, 0.3) is 5.69 Å². The average Bonchev–Trinajstić information content (AvgIpc) is 2.68. The van der Waals surface area contributed by atoms with Crippen LogP contribution in [0.1, 0.15) is 5.69 Å². The van der Waals surface area contributed by atoms with Crippen molar-refractivity contribution in [3.63, 3.8) is 0 Å². The van der Waals surface area contributed by atoms with Crippen molar-refractivity contribution in [1.82, 2.24) is 10.2 Å². The summed E-state index contributed by atoms with van der Waals surface area (Å²) >= 11 is 0. The van der Waals surface area contributed by atoms with Crippen LogP contribution in [0.25, 0.3) is 17.0 Å². The Morgan fingerprint density at radius 3 is 2.94 bits per heavy atom. The van der Waals surface area contributed by atoms with Gasteiger partial charge < -0.3 is 5.11 Å². The molecular formula is C10H7N3O4.